The number of benzene rings is 4. The third kappa shape index (κ3) is 7.76. The zero-order chi connectivity index (χ0) is 45.0. The number of ketones is 1. The first-order valence-electron chi connectivity index (χ1n) is 22.3. The summed E-state index contributed by atoms with van der Waals surface area (Å²) in [7, 11) is 0. The van der Waals surface area contributed by atoms with Crippen molar-refractivity contribution in [1.82, 2.24) is 5.32 Å². The summed E-state index contributed by atoms with van der Waals surface area (Å²) in [5.74, 6) is -3.29. The normalized spacial score (nSPS) is 28.8. The number of amides is 1. The third-order valence-corrected chi connectivity index (χ3v) is 14.4. The molecule has 8 atom stereocenters. The molecule has 4 aliphatic carbocycles. The first-order chi connectivity index (χ1) is 29.8. The number of carbonyl (C=O) groups excluding carboxylic acids is 3. The molecule has 4 aliphatic rings. The molecule has 0 aliphatic heterocycles. The minimum Gasteiger partial charge on any atom is -0.458 e. The van der Waals surface area contributed by atoms with Crippen LogP contribution in [0.2, 0.25) is 0 Å². The lowest BCUT2D eigenvalue weighted by Gasteiger charge is -2.50. The minimum absolute atomic E-state index is 0.0262. The number of rotatable bonds is 12. The number of aliphatic hydroxyl groups is 2. The lowest BCUT2D eigenvalue weighted by molar-refractivity contribution is -0.187. The van der Waals surface area contributed by atoms with Crippen molar-refractivity contribution < 1.29 is 38.8 Å². The van der Waals surface area contributed by atoms with E-state index < -0.39 is 75.1 Å². The highest BCUT2D eigenvalue weighted by Crippen LogP contribution is 2.76. The number of nitrogens with one attached hydrogen (secondary N) is 1. The van der Waals surface area contributed by atoms with E-state index in [9.17, 15) is 24.6 Å². The van der Waals surface area contributed by atoms with Crippen LogP contribution in [-0.2, 0) is 35.8 Å². The van der Waals surface area contributed by atoms with Crippen LogP contribution in [-0.4, -0.2) is 63.1 Å². The van der Waals surface area contributed by atoms with E-state index in [4.69, 9.17) is 14.2 Å². The molecular weight excluding hydrogens is 791 g/mol. The molecule has 1 amide bonds. The van der Waals surface area contributed by atoms with Crippen molar-refractivity contribution in [3.05, 3.63) is 167 Å². The van der Waals surface area contributed by atoms with Gasteiger partial charge in [-0.25, -0.2) is 4.79 Å². The largest absolute Gasteiger partial charge is 0.458 e. The maximum atomic E-state index is 14.3. The van der Waals surface area contributed by atoms with Crippen molar-refractivity contribution in [3.8, 4) is 0 Å². The molecule has 2 saturated carbocycles. The molecule has 0 aromatic heterocycles. The highest BCUT2D eigenvalue weighted by molar-refractivity contribution is 6.04. The summed E-state index contributed by atoms with van der Waals surface area (Å²) < 4.78 is 19.6. The minimum atomic E-state index is -1.92. The smallest absolute Gasteiger partial charge is 0.407 e. The molecule has 9 nitrogen and oxygen atoms in total. The molecule has 9 heteroatoms. The summed E-state index contributed by atoms with van der Waals surface area (Å²) in [6, 6.07) is 39.1. The quantitative estimate of drug-likeness (QED) is 0.0732. The molecule has 4 aromatic carbocycles. The van der Waals surface area contributed by atoms with Gasteiger partial charge in [-0.3, -0.25) is 9.59 Å². The zero-order valence-electron chi connectivity index (χ0n) is 37.5. The Kier molecular flexibility index (Phi) is 11.5. The number of carbonyl (C=O) groups is 3. The van der Waals surface area contributed by atoms with Crippen LogP contribution in [0.3, 0.4) is 0 Å². The fourth-order valence-corrected chi connectivity index (χ4v) is 11.6. The molecule has 3 N–H and O–H groups in total. The Morgan fingerprint density at radius 2 is 1.33 bits per heavy atom. The van der Waals surface area contributed by atoms with Crippen LogP contribution in [0, 0.1) is 29.1 Å². The van der Waals surface area contributed by atoms with Gasteiger partial charge in [-0.05, 0) is 79.9 Å². The second kappa shape index (κ2) is 16.3. The van der Waals surface area contributed by atoms with E-state index in [1.165, 1.54) is 0 Å². The summed E-state index contributed by atoms with van der Waals surface area (Å²) in [5, 5.41) is 29.0. The van der Waals surface area contributed by atoms with Gasteiger partial charge in [-0.1, -0.05) is 154 Å². The van der Waals surface area contributed by atoms with Crippen molar-refractivity contribution >= 4 is 17.8 Å². The van der Waals surface area contributed by atoms with Crippen molar-refractivity contribution in [2.24, 2.45) is 29.1 Å². The Labute approximate surface area is 371 Å². The topological polar surface area (TPSA) is 131 Å². The number of fused-ring (bicyclic) bond motifs is 5. The van der Waals surface area contributed by atoms with E-state index in [0.717, 1.165) is 22.3 Å². The van der Waals surface area contributed by atoms with Gasteiger partial charge < -0.3 is 29.7 Å². The molecule has 63 heavy (non-hydrogen) atoms. The Balaban J connectivity index is 1.16. The lowest BCUT2D eigenvalue weighted by Crippen LogP contribution is -2.61. The number of hydrogen-bond acceptors (Lipinski definition) is 8. The fourth-order valence-electron chi connectivity index (χ4n) is 11.6. The number of esters is 1. The summed E-state index contributed by atoms with van der Waals surface area (Å²) in [5.41, 5.74) is -2.11. The summed E-state index contributed by atoms with van der Waals surface area (Å²) >= 11 is 0. The maximum absolute atomic E-state index is 14.3. The number of Topliss-reactive ketones (excluding diaryl/α,β-unsaturated/α-hetero) is 1. The Hall–Kier alpha value is -5.35. The van der Waals surface area contributed by atoms with Crippen LogP contribution in [0.1, 0.15) is 90.0 Å². The van der Waals surface area contributed by atoms with Crippen LogP contribution in [0.5, 0.6) is 0 Å². The standard InChI is InChI=1S/C54H61NO8/c1-35-28-44-51(59,47(35)57)33-38(34-61-54(39-22-14-9-15-23-39,40-24-16-10-17-25-40)41-26-18-11-19-27-41)30-43-46-50(6,7)52(46,32-36(2)53(43,44)60)62-45(56)31-42(29-37-20-12-8-13-21-37)55-48(58)63-49(3,4)5/h8-28,30,36,42-44,46,59-60H,29,31-34H2,1-7H3,(H,55,58)/t36-,42-,43+,44-,46-,51-,52+,53-/m1/s1. The predicted octanol–water partition coefficient (Wildman–Crippen LogP) is 9.05. The molecule has 330 valence electrons. The molecule has 0 saturated heterocycles. The van der Waals surface area contributed by atoms with E-state index in [2.05, 4.69) is 19.2 Å². The van der Waals surface area contributed by atoms with Crippen molar-refractivity contribution in [2.45, 2.75) is 108 Å². The summed E-state index contributed by atoms with van der Waals surface area (Å²) in [6.45, 7) is 13.2. The van der Waals surface area contributed by atoms with E-state index in [1.807, 2.05) is 134 Å². The SMILES string of the molecule is CC1=C[C@H]2[C@@]3(O)[C@H](C)C[C@]4(OC(=O)C[C@@H](Cc5ccccc5)NC(=O)OC(C)(C)C)[C@H]([C@@H]3C=C(COC(c3ccccc3)(c3ccccc3)c3ccccc3)C[C@]2(O)C1=O)C4(C)C. The molecule has 2 fully saturated rings. The van der Waals surface area contributed by atoms with E-state index in [-0.39, 0.29) is 25.4 Å². The van der Waals surface area contributed by atoms with E-state index in [0.29, 0.717) is 24.0 Å². The van der Waals surface area contributed by atoms with Crippen molar-refractivity contribution in [3.63, 3.8) is 0 Å². The van der Waals surface area contributed by atoms with Gasteiger partial charge in [0.15, 0.2) is 5.78 Å². The van der Waals surface area contributed by atoms with Gasteiger partial charge in [0.25, 0.3) is 0 Å². The van der Waals surface area contributed by atoms with Crippen LogP contribution in [0.4, 0.5) is 4.79 Å². The molecule has 0 unspecified atom stereocenters. The predicted molar refractivity (Wildman–Crippen MR) is 241 cm³/mol. The van der Waals surface area contributed by atoms with Crippen molar-refractivity contribution in [1.29, 1.82) is 0 Å². The van der Waals surface area contributed by atoms with Gasteiger partial charge >= 0.3 is 12.1 Å². The molecule has 0 spiro atoms. The number of hydrogen-bond donors (Lipinski definition) is 3. The lowest BCUT2D eigenvalue weighted by atomic mass is 9.60. The molecule has 0 radical (unpaired) electrons. The molecule has 0 heterocycles. The second-order valence-corrected chi connectivity index (χ2v) is 20.0. The van der Waals surface area contributed by atoms with E-state index >= 15 is 0 Å². The van der Waals surface area contributed by atoms with Crippen LogP contribution < -0.4 is 5.32 Å². The van der Waals surface area contributed by atoms with Crippen LogP contribution in [0.25, 0.3) is 0 Å². The van der Waals surface area contributed by atoms with Gasteiger partial charge in [0, 0.05) is 35.6 Å². The Bertz CT molecular complexity index is 2290. The highest BCUT2D eigenvalue weighted by atomic mass is 16.6. The van der Waals surface area contributed by atoms with Gasteiger partial charge in [0.05, 0.1) is 18.6 Å². The summed E-state index contributed by atoms with van der Waals surface area (Å²) in [6.07, 6.45) is 3.73. The van der Waals surface area contributed by atoms with E-state index in [1.54, 1.807) is 33.8 Å². The van der Waals surface area contributed by atoms with Crippen LogP contribution in [0.15, 0.2) is 145 Å². The number of alkyl carbamates (subject to hydrolysis) is 1. The van der Waals surface area contributed by atoms with Gasteiger partial charge in [-0.15, -0.1) is 0 Å². The van der Waals surface area contributed by atoms with Crippen LogP contribution >= 0.6 is 0 Å². The first kappa shape index (κ1) is 44.3. The third-order valence-electron chi connectivity index (χ3n) is 14.4. The average molecular weight is 852 g/mol. The first-order valence-corrected chi connectivity index (χ1v) is 22.3. The monoisotopic (exact) mass is 851 g/mol. The molecule has 4 aromatic rings. The van der Waals surface area contributed by atoms with Crippen molar-refractivity contribution in [2.75, 3.05) is 6.61 Å². The second-order valence-electron chi connectivity index (χ2n) is 20.0. The van der Waals surface area contributed by atoms with Gasteiger partial charge in [0.2, 0.25) is 0 Å². The van der Waals surface area contributed by atoms with Gasteiger partial charge in [0.1, 0.15) is 22.4 Å². The average Bonchev–Trinajstić information content (AvgIpc) is 3.65. The molecule has 0 bridgehead atoms. The highest BCUT2D eigenvalue weighted by Gasteiger charge is 2.83. The fraction of sp³-hybridized carbons (Fsp3) is 0.426. The Morgan fingerprint density at radius 1 is 0.810 bits per heavy atom. The zero-order valence-corrected chi connectivity index (χ0v) is 37.5. The Morgan fingerprint density at radius 3 is 1.86 bits per heavy atom. The molecule has 8 rings (SSSR count). The maximum Gasteiger partial charge on any atom is 0.407 e. The molecular formula is C54H61NO8. The van der Waals surface area contributed by atoms with Gasteiger partial charge in [-0.2, -0.15) is 0 Å². The number of ether oxygens (including phenoxy) is 3. The summed E-state index contributed by atoms with van der Waals surface area (Å²) in [4.78, 5) is 41.5.